The Morgan fingerprint density at radius 1 is 0.909 bits per heavy atom. The molecule has 0 aliphatic rings. The van der Waals surface area contributed by atoms with Gasteiger partial charge in [-0.1, -0.05) is 0 Å². The Balaban J connectivity index is -0.0000000144. The SMILES string of the molecule is O=PO.O=PO.[CH2-]C.[CH2-]C.[Ti+4]. The summed E-state index contributed by atoms with van der Waals surface area (Å²) in [5.41, 5.74) is 0. The monoisotopic (exact) mass is 234 g/mol. The predicted molar refractivity (Wildman–Crippen MR) is 41.7 cm³/mol. The molecule has 0 heterocycles. The molecular formula is C4H12O4P2Ti+2. The maximum atomic E-state index is 8.46. The third-order valence-electron chi connectivity index (χ3n) is 0. The number of rotatable bonds is 0. The van der Waals surface area contributed by atoms with E-state index >= 15 is 0 Å². The van der Waals surface area contributed by atoms with E-state index in [9.17, 15) is 0 Å². The van der Waals surface area contributed by atoms with Crippen LogP contribution in [0.2, 0.25) is 0 Å². The third-order valence-corrected chi connectivity index (χ3v) is 0. The van der Waals surface area contributed by atoms with Crippen LogP contribution in [0, 0.1) is 13.8 Å². The Morgan fingerprint density at radius 3 is 0.909 bits per heavy atom. The van der Waals surface area contributed by atoms with Crippen LogP contribution in [-0.4, -0.2) is 9.79 Å². The third kappa shape index (κ3) is 1210. The van der Waals surface area contributed by atoms with Crippen molar-refractivity contribution in [2.75, 3.05) is 0 Å². The van der Waals surface area contributed by atoms with Gasteiger partial charge in [-0.3, -0.25) is 0 Å². The van der Waals surface area contributed by atoms with Gasteiger partial charge in [0.2, 0.25) is 0 Å². The van der Waals surface area contributed by atoms with Crippen LogP contribution in [0.15, 0.2) is 0 Å². The van der Waals surface area contributed by atoms with Crippen LogP contribution in [0.5, 0.6) is 0 Å². The van der Waals surface area contributed by atoms with Gasteiger partial charge < -0.3 is 23.6 Å². The van der Waals surface area contributed by atoms with Gasteiger partial charge in [-0.2, -0.15) is 13.8 Å². The van der Waals surface area contributed by atoms with Crippen molar-refractivity contribution in [1.82, 2.24) is 0 Å². The summed E-state index contributed by atoms with van der Waals surface area (Å²) in [5, 5.41) is 0. The first-order chi connectivity index (χ1) is 4.83. The zero-order chi connectivity index (χ0) is 9.41. The first-order valence-electron chi connectivity index (χ1n) is 2.18. The second kappa shape index (κ2) is 130. The van der Waals surface area contributed by atoms with E-state index in [0.717, 1.165) is 0 Å². The zero-order valence-electron chi connectivity index (χ0n) is 6.52. The molecule has 7 heteroatoms. The molecule has 0 unspecified atom stereocenters. The molecule has 0 bridgehead atoms. The molecule has 0 fully saturated rings. The molecule has 0 aliphatic carbocycles. The molecule has 0 amide bonds. The van der Waals surface area contributed by atoms with Crippen LogP contribution in [-0.2, 0) is 30.8 Å². The fraction of sp³-hybridized carbons (Fsp3) is 0.500. The van der Waals surface area contributed by atoms with Crippen LogP contribution in [0.4, 0.5) is 0 Å². The van der Waals surface area contributed by atoms with Gasteiger partial charge in [-0.15, -0.1) is 0 Å². The molecule has 0 aromatic carbocycles. The van der Waals surface area contributed by atoms with Crippen LogP contribution in [0.1, 0.15) is 13.8 Å². The molecule has 2 N–H and O–H groups in total. The van der Waals surface area contributed by atoms with Gasteiger partial charge in [0.1, 0.15) is 0 Å². The second-order valence-electron chi connectivity index (χ2n) is 0.163. The summed E-state index contributed by atoms with van der Waals surface area (Å²) >= 11 is 0. The average molecular weight is 234 g/mol. The van der Waals surface area contributed by atoms with Crippen molar-refractivity contribution in [3.8, 4) is 0 Å². The molecule has 11 heavy (non-hydrogen) atoms. The minimum absolute atomic E-state index is 0. The Morgan fingerprint density at radius 2 is 0.909 bits per heavy atom. The smallest absolute Gasteiger partial charge is 0.346 e. The largest absolute Gasteiger partial charge is 4.00 e. The van der Waals surface area contributed by atoms with E-state index in [1.165, 1.54) is 0 Å². The van der Waals surface area contributed by atoms with E-state index in [-0.39, 0.29) is 21.7 Å². The van der Waals surface area contributed by atoms with E-state index in [1.54, 1.807) is 13.8 Å². The Labute approximate surface area is 85.9 Å². The molecule has 0 rings (SSSR count). The normalized spacial score (nSPS) is 4.91. The zero-order valence-corrected chi connectivity index (χ0v) is 9.87. The summed E-state index contributed by atoms with van der Waals surface area (Å²) in [5.74, 6) is 0. The molecule has 0 saturated heterocycles. The average Bonchev–Trinajstić information content (AvgIpc) is 1.99. The van der Waals surface area contributed by atoms with Crippen molar-refractivity contribution in [2.24, 2.45) is 0 Å². The Bertz CT molecular complexity index is 41.1. The van der Waals surface area contributed by atoms with E-state index < -0.39 is 17.4 Å². The van der Waals surface area contributed by atoms with E-state index in [0.29, 0.717) is 0 Å². The Kier molecular flexibility index (Phi) is 353. The van der Waals surface area contributed by atoms with Crippen molar-refractivity contribution in [2.45, 2.75) is 13.8 Å². The summed E-state index contributed by atoms with van der Waals surface area (Å²) in [6.07, 6.45) is 0. The van der Waals surface area contributed by atoms with E-state index in [1.807, 2.05) is 0 Å². The second-order valence-corrected chi connectivity index (χ2v) is 0.490. The topological polar surface area (TPSA) is 74.6 Å². The van der Waals surface area contributed by atoms with E-state index in [2.05, 4.69) is 13.8 Å². The van der Waals surface area contributed by atoms with Gasteiger partial charge in [0, 0.05) is 0 Å². The van der Waals surface area contributed by atoms with Gasteiger partial charge in [0.15, 0.2) is 0 Å². The van der Waals surface area contributed by atoms with Crippen LogP contribution >= 0.6 is 17.4 Å². The van der Waals surface area contributed by atoms with Crippen LogP contribution in [0.25, 0.3) is 0 Å². The maximum absolute atomic E-state index is 8.46. The number of hydrogen-bond donors (Lipinski definition) is 2. The van der Waals surface area contributed by atoms with Gasteiger partial charge in [0.25, 0.3) is 0 Å². The minimum Gasteiger partial charge on any atom is -0.346 e. The van der Waals surface area contributed by atoms with Crippen molar-refractivity contribution in [3.63, 3.8) is 0 Å². The van der Waals surface area contributed by atoms with Gasteiger partial charge >= 0.3 is 39.1 Å². The summed E-state index contributed by atoms with van der Waals surface area (Å²) in [7, 11) is -1.67. The number of hydrogen-bond acceptors (Lipinski definition) is 2. The van der Waals surface area contributed by atoms with Crippen molar-refractivity contribution < 1.29 is 40.6 Å². The van der Waals surface area contributed by atoms with Crippen LogP contribution < -0.4 is 0 Å². The van der Waals surface area contributed by atoms with Crippen molar-refractivity contribution in [1.29, 1.82) is 0 Å². The molecule has 4 nitrogen and oxygen atoms in total. The quantitative estimate of drug-likeness (QED) is 0.382. The fourth-order valence-corrected chi connectivity index (χ4v) is 0. The molecule has 0 atom stereocenters. The summed E-state index contributed by atoms with van der Waals surface area (Å²) < 4.78 is 16.9. The standard InChI is InChI=1S/2C2H5.2HO2P.Ti/c2*1-2;2*1-3-2;/h2*1H2,2H3;2*(H,1,2);/q2*-1;;;+4. The summed E-state index contributed by atoms with van der Waals surface area (Å²) in [4.78, 5) is 14.0. The molecule has 64 valence electrons. The molecular weight excluding hydrogens is 222 g/mol. The van der Waals surface area contributed by atoms with Gasteiger partial charge in [0.05, 0.1) is 0 Å². The van der Waals surface area contributed by atoms with E-state index in [4.69, 9.17) is 18.9 Å². The van der Waals surface area contributed by atoms with Crippen molar-refractivity contribution >= 4 is 17.4 Å². The summed E-state index contributed by atoms with van der Waals surface area (Å²) in [6.45, 7) is 10.0. The maximum Gasteiger partial charge on any atom is 4.00 e. The van der Waals surface area contributed by atoms with Crippen molar-refractivity contribution in [3.05, 3.63) is 13.8 Å². The summed E-state index contributed by atoms with van der Waals surface area (Å²) in [6, 6.07) is 0. The predicted octanol–water partition coefficient (Wildman–Crippen LogP) is 2.05. The molecule has 0 saturated carbocycles. The minimum atomic E-state index is -0.833. The molecule has 0 aromatic heterocycles. The van der Waals surface area contributed by atoms with Gasteiger partial charge in [-0.05, 0) is 0 Å². The first kappa shape index (κ1) is 29.7. The van der Waals surface area contributed by atoms with Crippen LogP contribution in [0.3, 0.4) is 0 Å². The molecule has 0 radical (unpaired) electrons. The molecule has 0 aliphatic heterocycles. The molecule has 0 aromatic rings. The Hall–Kier alpha value is 0.834. The first-order valence-corrected chi connectivity index (χ1v) is 3.71. The fourth-order valence-electron chi connectivity index (χ4n) is 0. The van der Waals surface area contributed by atoms with Gasteiger partial charge in [-0.25, -0.2) is 9.13 Å². The molecule has 0 spiro atoms.